The molecule has 1 unspecified atom stereocenters. The summed E-state index contributed by atoms with van der Waals surface area (Å²) in [6.45, 7) is 7.41. The lowest BCUT2D eigenvalue weighted by atomic mass is 9.48. The predicted molar refractivity (Wildman–Crippen MR) is 150 cm³/mol. The first-order chi connectivity index (χ1) is 17.9. The lowest BCUT2D eigenvalue weighted by Crippen LogP contribution is -2.58. The van der Waals surface area contributed by atoms with Crippen molar-refractivity contribution >= 4 is 46.1 Å². The number of Topliss-reactive ketones (excluding diaryl/α,β-unsaturated/α-hetero) is 1. The van der Waals surface area contributed by atoms with Gasteiger partial charge >= 0.3 is 11.9 Å². The number of ketones is 2. The summed E-state index contributed by atoms with van der Waals surface area (Å²) >= 11 is 2.15. The highest BCUT2D eigenvalue weighted by atomic mass is 127. The molecule has 0 aliphatic heterocycles. The van der Waals surface area contributed by atoms with E-state index in [9.17, 15) is 19.2 Å². The molecule has 0 bridgehead atoms. The molecule has 1 aromatic carbocycles. The number of rotatable bonds is 5. The number of halogens is 1. The van der Waals surface area contributed by atoms with Crippen LogP contribution in [-0.4, -0.2) is 35.7 Å². The van der Waals surface area contributed by atoms with E-state index in [1.165, 1.54) is 18.1 Å². The first-order valence-electron chi connectivity index (χ1n) is 13.5. The van der Waals surface area contributed by atoms with E-state index in [1.54, 1.807) is 18.2 Å². The average molecular weight is 631 g/mol. The van der Waals surface area contributed by atoms with Crippen molar-refractivity contribution in [2.45, 2.75) is 71.8 Å². The second-order valence-electron chi connectivity index (χ2n) is 12.0. The van der Waals surface area contributed by atoms with Gasteiger partial charge in [-0.25, -0.2) is 4.79 Å². The molecule has 2 fully saturated rings. The van der Waals surface area contributed by atoms with Gasteiger partial charge in [0.05, 0.1) is 5.56 Å². The maximum absolute atomic E-state index is 13.9. The Bertz CT molecular complexity index is 1280. The van der Waals surface area contributed by atoms with Gasteiger partial charge in [0.2, 0.25) is 5.78 Å². The van der Waals surface area contributed by atoms with Crippen LogP contribution in [-0.2, 0) is 23.9 Å². The molecular weight excluding hydrogens is 595 g/mol. The third-order valence-corrected chi connectivity index (χ3v) is 10.6. The summed E-state index contributed by atoms with van der Waals surface area (Å²) in [5, 5.41) is 0. The van der Waals surface area contributed by atoms with Gasteiger partial charge in [0.15, 0.2) is 18.0 Å². The molecule has 1 aromatic rings. The Kier molecular flexibility index (Phi) is 6.98. The molecule has 0 N–H and O–H groups in total. The maximum Gasteiger partial charge on any atom is 0.339 e. The molecule has 4 aliphatic carbocycles. The lowest BCUT2D eigenvalue weighted by molar-refractivity contribution is -0.163. The number of hydrogen-bond donors (Lipinski definition) is 0. The fraction of sp³-hybridized carbons (Fsp3) is 0.548. The van der Waals surface area contributed by atoms with Crippen molar-refractivity contribution in [1.82, 2.24) is 0 Å². The molecule has 0 spiro atoms. The largest absolute Gasteiger partial charge is 0.458 e. The molecule has 2 saturated carbocycles. The van der Waals surface area contributed by atoms with Gasteiger partial charge in [-0.05, 0) is 96.7 Å². The third-order valence-electron chi connectivity index (χ3n) is 9.96. The van der Waals surface area contributed by atoms with Crippen LogP contribution < -0.4 is 0 Å². The predicted octanol–water partition coefficient (Wildman–Crippen LogP) is 6.02. The number of carbonyl (C=O) groups excluding carboxylic acids is 4. The van der Waals surface area contributed by atoms with Crippen molar-refractivity contribution in [3.05, 3.63) is 56.7 Å². The molecule has 0 radical (unpaired) electrons. The van der Waals surface area contributed by atoms with Crippen molar-refractivity contribution in [3.8, 4) is 0 Å². The zero-order valence-electron chi connectivity index (χ0n) is 22.5. The minimum atomic E-state index is -1.39. The zero-order valence-corrected chi connectivity index (χ0v) is 24.6. The quantitative estimate of drug-likeness (QED) is 0.225. The van der Waals surface area contributed by atoms with E-state index in [0.29, 0.717) is 24.8 Å². The third kappa shape index (κ3) is 4.20. The number of hydrogen-bond acceptors (Lipinski definition) is 6. The second kappa shape index (κ2) is 9.72. The topological polar surface area (TPSA) is 86.7 Å². The van der Waals surface area contributed by atoms with Crippen LogP contribution in [0.1, 0.15) is 76.6 Å². The van der Waals surface area contributed by atoms with Gasteiger partial charge < -0.3 is 9.47 Å². The van der Waals surface area contributed by atoms with Crippen LogP contribution in [0, 0.1) is 32.2 Å². The zero-order chi connectivity index (χ0) is 27.5. The Morgan fingerprint density at radius 1 is 1.13 bits per heavy atom. The second-order valence-corrected chi connectivity index (χ2v) is 13.2. The Hall–Kier alpha value is -2.29. The van der Waals surface area contributed by atoms with Crippen LogP contribution in [0.3, 0.4) is 0 Å². The highest BCUT2D eigenvalue weighted by Gasteiger charge is 2.67. The molecule has 7 heteroatoms. The summed E-state index contributed by atoms with van der Waals surface area (Å²) in [6, 6.07) is 7.14. The molecule has 0 saturated heterocycles. The van der Waals surface area contributed by atoms with Gasteiger partial charge in [0.25, 0.3) is 0 Å². The van der Waals surface area contributed by atoms with Crippen LogP contribution >= 0.6 is 22.6 Å². The first-order valence-corrected chi connectivity index (χ1v) is 14.6. The standard InChI is InChI=1S/C31H35IO6/c1-18-14-23-24(29(3)11-8-22(34)16-26(18)29)9-12-30(4)25(23)10-13-31(30,27(35)17-37-19(2)33)38-28(36)20-6-5-7-21(32)15-20/h5-7,9,15-16,18,23,25H,8,10-14,17H2,1-4H3/t18?,23-,25+,29-,30+,31+/m1/s1. The van der Waals surface area contributed by atoms with Gasteiger partial charge in [0, 0.05) is 27.7 Å². The highest BCUT2D eigenvalue weighted by molar-refractivity contribution is 14.1. The molecule has 6 atom stereocenters. The summed E-state index contributed by atoms with van der Waals surface area (Å²) in [7, 11) is 0. The van der Waals surface area contributed by atoms with E-state index in [4.69, 9.17) is 9.47 Å². The molecule has 0 heterocycles. The summed E-state index contributed by atoms with van der Waals surface area (Å²) in [5.41, 5.74) is 0.830. The molecule has 202 valence electrons. The van der Waals surface area contributed by atoms with Crippen molar-refractivity contribution in [3.63, 3.8) is 0 Å². The maximum atomic E-state index is 13.9. The number of esters is 2. The lowest BCUT2D eigenvalue weighted by Gasteiger charge is -2.56. The Morgan fingerprint density at radius 2 is 1.89 bits per heavy atom. The van der Waals surface area contributed by atoms with E-state index in [2.05, 4.69) is 49.4 Å². The Morgan fingerprint density at radius 3 is 2.61 bits per heavy atom. The SMILES string of the molecule is CC(=O)OCC(=O)[C@@]1(OC(=O)c2cccc(I)c2)CC[C@H]2[C@@H]3CC(C)C4=CC(=O)CC[C@]4(C)C3=CC[C@@]21C. The van der Waals surface area contributed by atoms with Crippen molar-refractivity contribution in [2.75, 3.05) is 6.61 Å². The van der Waals surface area contributed by atoms with Crippen LogP contribution in [0.4, 0.5) is 0 Å². The summed E-state index contributed by atoms with van der Waals surface area (Å²) in [5.74, 6) is -0.589. The Balaban J connectivity index is 1.56. The van der Waals surface area contributed by atoms with Gasteiger partial charge in [-0.15, -0.1) is 0 Å². The summed E-state index contributed by atoms with van der Waals surface area (Å²) < 4.78 is 12.3. The van der Waals surface area contributed by atoms with Gasteiger partial charge in [-0.3, -0.25) is 14.4 Å². The van der Waals surface area contributed by atoms with Gasteiger partial charge in [-0.1, -0.05) is 44.1 Å². The van der Waals surface area contributed by atoms with E-state index < -0.39 is 29.6 Å². The van der Waals surface area contributed by atoms with Crippen molar-refractivity contribution < 1.29 is 28.7 Å². The fourth-order valence-electron chi connectivity index (χ4n) is 8.07. The highest BCUT2D eigenvalue weighted by Crippen LogP contribution is 2.67. The molecule has 4 aliphatic rings. The minimum Gasteiger partial charge on any atom is -0.458 e. The smallest absolute Gasteiger partial charge is 0.339 e. The number of fused-ring (bicyclic) bond motifs is 5. The number of allylic oxidation sites excluding steroid dienone is 4. The molecule has 0 amide bonds. The number of carbonyl (C=O) groups is 4. The number of benzene rings is 1. The van der Waals surface area contributed by atoms with Crippen molar-refractivity contribution in [2.24, 2.45) is 28.6 Å². The van der Waals surface area contributed by atoms with Crippen LogP contribution in [0.2, 0.25) is 0 Å². The molecule has 38 heavy (non-hydrogen) atoms. The van der Waals surface area contributed by atoms with E-state index in [-0.39, 0.29) is 34.7 Å². The van der Waals surface area contributed by atoms with Gasteiger partial charge in [0.1, 0.15) is 0 Å². The van der Waals surface area contributed by atoms with Gasteiger partial charge in [-0.2, -0.15) is 0 Å². The van der Waals surface area contributed by atoms with Crippen LogP contribution in [0.5, 0.6) is 0 Å². The van der Waals surface area contributed by atoms with E-state index in [1.807, 2.05) is 12.1 Å². The normalized spacial score (nSPS) is 35.7. The monoisotopic (exact) mass is 630 g/mol. The Labute approximate surface area is 237 Å². The van der Waals surface area contributed by atoms with Crippen LogP contribution in [0.15, 0.2) is 47.6 Å². The molecule has 0 aromatic heterocycles. The number of ether oxygens (including phenoxy) is 2. The van der Waals surface area contributed by atoms with E-state index >= 15 is 0 Å². The summed E-state index contributed by atoms with van der Waals surface area (Å²) in [6.07, 6.45) is 8.14. The molecule has 5 rings (SSSR count). The van der Waals surface area contributed by atoms with Crippen LogP contribution in [0.25, 0.3) is 0 Å². The molecular formula is C31H35IO6. The minimum absolute atomic E-state index is 0.131. The summed E-state index contributed by atoms with van der Waals surface area (Å²) in [4.78, 5) is 51.3. The average Bonchev–Trinajstić information content (AvgIpc) is 3.16. The van der Waals surface area contributed by atoms with Crippen molar-refractivity contribution in [1.29, 1.82) is 0 Å². The fourth-order valence-corrected chi connectivity index (χ4v) is 8.61. The van der Waals surface area contributed by atoms with E-state index in [0.717, 1.165) is 22.8 Å². The molecule has 6 nitrogen and oxygen atoms in total. The first kappa shape index (κ1) is 27.3.